The molecule has 0 nitrogen and oxygen atoms in total. The van der Waals surface area contributed by atoms with Gasteiger partial charge < -0.3 is 6.42 Å². The van der Waals surface area contributed by atoms with Crippen molar-refractivity contribution in [3.05, 3.63) is 6.42 Å². The van der Waals surface area contributed by atoms with Gasteiger partial charge in [-0.2, -0.15) is 13.8 Å². The van der Waals surface area contributed by atoms with Gasteiger partial charge in [0.1, 0.15) is 0 Å². The molecule has 0 fully saturated rings. The molecule has 0 saturated heterocycles. The predicted molar refractivity (Wildman–Crippen MR) is 57.5 cm³/mol. The fourth-order valence-electron chi connectivity index (χ4n) is 0.957. The smallest absolute Gasteiger partial charge is 0.0473 e. The van der Waals surface area contributed by atoms with Gasteiger partial charge in [0.25, 0.3) is 0 Å². The van der Waals surface area contributed by atoms with Gasteiger partial charge in [0.2, 0.25) is 0 Å². The molecule has 0 spiro atoms. The first-order valence-electron chi connectivity index (χ1n) is 4.84. The summed E-state index contributed by atoms with van der Waals surface area (Å²) >= 11 is 0. The first-order chi connectivity index (χ1) is 5.26. The molecule has 0 aliphatic carbocycles. The topological polar surface area (TPSA) is 0 Å². The second-order valence-corrected chi connectivity index (χ2v) is 6.20. The summed E-state index contributed by atoms with van der Waals surface area (Å²) in [6.45, 7) is 10.9. The summed E-state index contributed by atoms with van der Waals surface area (Å²) in [4.78, 5) is 0. The van der Waals surface area contributed by atoms with E-state index in [1.54, 1.807) is 0 Å². The molecule has 0 saturated carbocycles. The molecule has 1 radical (unpaired) electrons. The Morgan fingerprint density at radius 1 is 1.00 bits per heavy atom. The van der Waals surface area contributed by atoms with Crippen molar-refractivity contribution in [3.8, 4) is 0 Å². The van der Waals surface area contributed by atoms with E-state index in [2.05, 4.69) is 20.8 Å². The third kappa shape index (κ3) is 17.6. The van der Waals surface area contributed by atoms with Gasteiger partial charge in [-0.3, -0.25) is 0 Å². The van der Waals surface area contributed by atoms with E-state index >= 15 is 0 Å². The second kappa shape index (κ2) is 18.4. The second-order valence-electron chi connectivity index (χ2n) is 2.78. The largest absolute Gasteiger partial charge is 0.335 e. The Hall–Kier alpha value is 1.57. The molecular weight excluding hydrogens is 292 g/mol. The summed E-state index contributed by atoms with van der Waals surface area (Å²) in [5, 5.41) is 0. The maximum atomic E-state index is 2.33. The molecule has 0 aromatic heterocycles. The number of hydrogen-bond acceptors (Lipinski definition) is 0. The van der Waals surface area contributed by atoms with Gasteiger partial charge in [0.15, 0.2) is 0 Å². The molecule has 0 aromatic rings. The van der Waals surface area contributed by atoms with Crippen LogP contribution in [0.3, 0.4) is 0 Å². The van der Waals surface area contributed by atoms with Crippen LogP contribution < -0.4 is 0 Å². The van der Waals surface area contributed by atoms with Crippen molar-refractivity contribution in [2.24, 2.45) is 0 Å². The predicted octanol–water partition coefficient (Wildman–Crippen LogP) is 4.16. The molecule has 0 aromatic carbocycles. The van der Waals surface area contributed by atoms with Gasteiger partial charge in [-0.05, 0) is 0 Å². The van der Waals surface area contributed by atoms with Crippen molar-refractivity contribution in [1.29, 1.82) is 0 Å². The molecular formula is C10H24NdSi-. The first kappa shape index (κ1) is 19.2. The normalized spacial score (nSPS) is 8.50. The zero-order valence-corrected chi connectivity index (χ0v) is 13.6. The maximum absolute atomic E-state index is 2.33. The summed E-state index contributed by atoms with van der Waals surface area (Å²) in [7, 11) is 0.126. The van der Waals surface area contributed by atoms with E-state index in [4.69, 9.17) is 0 Å². The van der Waals surface area contributed by atoms with Crippen molar-refractivity contribution in [3.63, 3.8) is 0 Å². The molecule has 12 heavy (non-hydrogen) atoms. The summed E-state index contributed by atoms with van der Waals surface area (Å²) in [5.41, 5.74) is 0. The van der Waals surface area contributed by atoms with Crippen molar-refractivity contribution >= 4 is 8.80 Å². The van der Waals surface area contributed by atoms with Crippen LogP contribution in [-0.4, -0.2) is 8.80 Å². The van der Waals surface area contributed by atoms with Crippen LogP contribution >= 0.6 is 0 Å². The van der Waals surface area contributed by atoms with Crippen molar-refractivity contribution in [2.75, 3.05) is 0 Å². The van der Waals surface area contributed by atoms with Gasteiger partial charge in [-0.15, -0.1) is 0 Å². The zero-order chi connectivity index (χ0) is 9.11. The van der Waals surface area contributed by atoms with Gasteiger partial charge in [-0.1, -0.05) is 45.3 Å². The Balaban J connectivity index is -0.000000177. The van der Waals surface area contributed by atoms with Gasteiger partial charge in [0, 0.05) is 49.6 Å². The standard InChI is InChI=1S/C7H17Si.C3H7.Nd/c1-4-7-8(5-2)6-3;1-3-2;/h4-7H2,1-3H3;3H,1-2H3;/q;-1;. The van der Waals surface area contributed by atoms with Crippen molar-refractivity contribution in [1.82, 2.24) is 0 Å². The minimum atomic E-state index is 0. The SMILES string of the molecule is CCC[Si](CC)CC.C[CH-]C.[Nd]. The molecule has 0 heterocycles. The molecule has 0 aliphatic heterocycles. The molecule has 0 N–H and O–H groups in total. The average molecular weight is 317 g/mol. The van der Waals surface area contributed by atoms with Crippen molar-refractivity contribution < 1.29 is 40.8 Å². The molecule has 0 atom stereocenters. The van der Waals surface area contributed by atoms with E-state index in [0.29, 0.717) is 0 Å². The van der Waals surface area contributed by atoms with Crippen LogP contribution in [0, 0.1) is 47.3 Å². The molecule has 0 bridgehead atoms. The van der Waals surface area contributed by atoms with E-state index in [-0.39, 0.29) is 49.6 Å². The van der Waals surface area contributed by atoms with E-state index in [9.17, 15) is 0 Å². The van der Waals surface area contributed by atoms with E-state index < -0.39 is 0 Å². The zero-order valence-electron chi connectivity index (χ0n) is 9.41. The Morgan fingerprint density at radius 2 is 1.33 bits per heavy atom. The van der Waals surface area contributed by atoms with Gasteiger partial charge in [0.05, 0.1) is 0 Å². The average Bonchev–Trinajstić information content (AvgIpc) is 2.02. The van der Waals surface area contributed by atoms with Crippen LogP contribution in [0.25, 0.3) is 0 Å². The number of hydrogen-bond donors (Lipinski definition) is 0. The van der Waals surface area contributed by atoms with Crippen molar-refractivity contribution in [2.45, 2.75) is 59.2 Å². The fourth-order valence-corrected chi connectivity index (χ4v) is 2.87. The van der Waals surface area contributed by atoms with Gasteiger partial charge >= 0.3 is 0 Å². The molecule has 73 valence electrons. The van der Waals surface area contributed by atoms with Crippen LogP contribution in [0.1, 0.15) is 41.0 Å². The van der Waals surface area contributed by atoms with Crippen LogP contribution in [0.15, 0.2) is 0 Å². The Labute approximate surface area is 114 Å². The Kier molecular flexibility index (Phi) is 29.4. The molecule has 0 rings (SSSR count). The number of rotatable bonds is 4. The van der Waals surface area contributed by atoms with E-state index in [1.807, 2.05) is 20.3 Å². The minimum Gasteiger partial charge on any atom is -0.335 e. The van der Waals surface area contributed by atoms with Crippen LogP contribution in [0.2, 0.25) is 18.1 Å². The first-order valence-corrected chi connectivity index (χ1v) is 6.96. The summed E-state index contributed by atoms with van der Waals surface area (Å²) in [6, 6.07) is 4.46. The summed E-state index contributed by atoms with van der Waals surface area (Å²) < 4.78 is 0. The third-order valence-corrected chi connectivity index (χ3v) is 4.81. The molecule has 0 amide bonds. The molecule has 0 unspecified atom stereocenters. The Morgan fingerprint density at radius 3 is 1.42 bits per heavy atom. The van der Waals surface area contributed by atoms with E-state index in [1.165, 1.54) is 24.6 Å². The van der Waals surface area contributed by atoms with Crippen LogP contribution in [0.5, 0.6) is 0 Å². The quantitative estimate of drug-likeness (QED) is 0.539. The molecule has 0 aliphatic rings. The van der Waals surface area contributed by atoms with Gasteiger partial charge in [-0.25, -0.2) is 0 Å². The van der Waals surface area contributed by atoms with E-state index in [0.717, 1.165) is 0 Å². The maximum Gasteiger partial charge on any atom is 0.0473 e. The van der Waals surface area contributed by atoms with Crippen LogP contribution in [-0.2, 0) is 0 Å². The monoisotopic (exact) mass is 314 g/mol. The van der Waals surface area contributed by atoms with Crippen LogP contribution in [0.4, 0.5) is 0 Å². The summed E-state index contributed by atoms with van der Waals surface area (Å²) in [6.07, 6.45) is 3.40. The fraction of sp³-hybridized carbons (Fsp3) is 0.900. The third-order valence-electron chi connectivity index (χ3n) is 1.60. The Bertz CT molecular complexity index is 53.8. The summed E-state index contributed by atoms with van der Waals surface area (Å²) in [5.74, 6) is 0. The minimum absolute atomic E-state index is 0. The molecule has 2 heteroatoms.